The van der Waals surface area contributed by atoms with Gasteiger partial charge in [-0.25, -0.2) is 0 Å². The summed E-state index contributed by atoms with van der Waals surface area (Å²) >= 11 is 0. The normalized spacial score (nSPS) is 11.8. The van der Waals surface area contributed by atoms with Crippen molar-refractivity contribution in [2.45, 2.75) is 26.9 Å². The lowest BCUT2D eigenvalue weighted by molar-refractivity contribution is 0.102. The molecule has 1 heterocycles. The summed E-state index contributed by atoms with van der Waals surface area (Å²) in [6, 6.07) is 23.4. The van der Waals surface area contributed by atoms with Crippen LogP contribution in [0.3, 0.4) is 0 Å². The van der Waals surface area contributed by atoms with Gasteiger partial charge >= 0.3 is 0 Å². The molecule has 30 heavy (non-hydrogen) atoms. The Morgan fingerprint density at radius 2 is 1.70 bits per heavy atom. The summed E-state index contributed by atoms with van der Waals surface area (Å²) in [4.78, 5) is 17.6. The highest BCUT2D eigenvalue weighted by atomic mass is 16.5. The van der Waals surface area contributed by atoms with Gasteiger partial charge in [-0.15, -0.1) is 0 Å². The van der Waals surface area contributed by atoms with Crippen molar-refractivity contribution in [1.82, 2.24) is 4.98 Å². The molecule has 0 aliphatic heterocycles. The Kier molecular flexibility index (Phi) is 5.48. The van der Waals surface area contributed by atoms with E-state index in [-0.39, 0.29) is 12.0 Å². The highest BCUT2D eigenvalue weighted by Crippen LogP contribution is 2.28. The number of carbonyl (C=O) groups excluding carboxylic acids is 1. The zero-order valence-electron chi connectivity index (χ0n) is 17.3. The fourth-order valence-electron chi connectivity index (χ4n) is 3.48. The van der Waals surface area contributed by atoms with Gasteiger partial charge in [-0.3, -0.25) is 9.78 Å². The molecular weight excluding hydrogens is 372 g/mol. The molecule has 0 spiro atoms. The van der Waals surface area contributed by atoms with Gasteiger partial charge in [-0.05, 0) is 62.2 Å². The van der Waals surface area contributed by atoms with Crippen LogP contribution in [0.4, 0.5) is 5.69 Å². The molecule has 0 saturated heterocycles. The molecule has 1 atom stereocenters. The second-order valence-electron chi connectivity index (χ2n) is 7.51. The minimum Gasteiger partial charge on any atom is -0.485 e. The van der Waals surface area contributed by atoms with Gasteiger partial charge in [-0.2, -0.15) is 0 Å². The summed E-state index contributed by atoms with van der Waals surface area (Å²) in [5.41, 5.74) is 5.26. The van der Waals surface area contributed by atoms with Gasteiger partial charge in [0.15, 0.2) is 0 Å². The van der Waals surface area contributed by atoms with Crippen LogP contribution in [0, 0.1) is 13.8 Å². The molecule has 4 heteroatoms. The lowest BCUT2D eigenvalue weighted by Crippen LogP contribution is -2.15. The first-order valence-electron chi connectivity index (χ1n) is 10.0. The van der Waals surface area contributed by atoms with Crippen LogP contribution in [0.25, 0.3) is 10.9 Å². The van der Waals surface area contributed by atoms with E-state index >= 15 is 0 Å². The standard InChI is InChI=1S/C26H24N2O2/c1-17-10-12-20(13-11-17)19(3)30-24-9-5-4-8-22(24)26(29)28-23-16-18(2)15-21-7-6-14-27-25(21)23/h4-16,19H,1-3H3,(H,28,29). The van der Waals surface area contributed by atoms with Gasteiger partial charge in [-0.1, -0.05) is 48.0 Å². The minimum atomic E-state index is -0.223. The monoisotopic (exact) mass is 396 g/mol. The number of aryl methyl sites for hydroxylation is 2. The van der Waals surface area contributed by atoms with Crippen LogP contribution in [0.5, 0.6) is 5.75 Å². The van der Waals surface area contributed by atoms with E-state index in [2.05, 4.69) is 35.4 Å². The summed E-state index contributed by atoms with van der Waals surface area (Å²) in [5, 5.41) is 4.01. The van der Waals surface area contributed by atoms with Crippen molar-refractivity contribution in [3.63, 3.8) is 0 Å². The van der Waals surface area contributed by atoms with Crippen molar-refractivity contribution in [1.29, 1.82) is 0 Å². The molecule has 4 aromatic rings. The molecule has 1 N–H and O–H groups in total. The molecule has 1 aromatic heterocycles. The Morgan fingerprint density at radius 1 is 0.933 bits per heavy atom. The van der Waals surface area contributed by atoms with Crippen LogP contribution in [0.15, 0.2) is 79.0 Å². The molecular formula is C26H24N2O2. The number of rotatable bonds is 5. The number of hydrogen-bond acceptors (Lipinski definition) is 3. The largest absolute Gasteiger partial charge is 0.485 e. The predicted octanol–water partition coefficient (Wildman–Crippen LogP) is 6.24. The molecule has 0 bridgehead atoms. The van der Waals surface area contributed by atoms with Gasteiger partial charge in [0.25, 0.3) is 5.91 Å². The summed E-state index contributed by atoms with van der Waals surface area (Å²) in [6.07, 6.45) is 1.55. The van der Waals surface area contributed by atoms with Crippen molar-refractivity contribution in [2.24, 2.45) is 0 Å². The predicted molar refractivity (Wildman–Crippen MR) is 121 cm³/mol. The number of nitrogens with zero attached hydrogens (tertiary/aromatic N) is 1. The maximum Gasteiger partial charge on any atom is 0.259 e. The van der Waals surface area contributed by atoms with E-state index in [0.717, 1.165) is 22.0 Å². The van der Waals surface area contributed by atoms with Crippen molar-refractivity contribution < 1.29 is 9.53 Å². The number of fused-ring (bicyclic) bond motifs is 1. The van der Waals surface area contributed by atoms with Crippen molar-refractivity contribution in [3.8, 4) is 5.75 Å². The Balaban J connectivity index is 1.61. The molecule has 0 aliphatic carbocycles. The van der Waals surface area contributed by atoms with E-state index in [1.807, 2.05) is 62.4 Å². The topological polar surface area (TPSA) is 51.2 Å². The Hall–Kier alpha value is -3.66. The van der Waals surface area contributed by atoms with E-state index in [9.17, 15) is 4.79 Å². The van der Waals surface area contributed by atoms with Crippen molar-refractivity contribution >= 4 is 22.5 Å². The van der Waals surface area contributed by atoms with E-state index in [0.29, 0.717) is 17.0 Å². The molecule has 0 fully saturated rings. The summed E-state index contributed by atoms with van der Waals surface area (Å²) in [5.74, 6) is 0.326. The van der Waals surface area contributed by atoms with Crippen LogP contribution in [-0.4, -0.2) is 10.9 Å². The van der Waals surface area contributed by atoms with E-state index in [4.69, 9.17) is 4.74 Å². The lowest BCUT2D eigenvalue weighted by atomic mass is 10.1. The van der Waals surface area contributed by atoms with Gasteiger partial charge in [0.2, 0.25) is 0 Å². The number of aromatic nitrogens is 1. The molecule has 0 saturated carbocycles. The molecule has 4 rings (SSSR count). The number of ether oxygens (including phenoxy) is 1. The summed E-state index contributed by atoms with van der Waals surface area (Å²) in [6.45, 7) is 6.04. The average molecular weight is 396 g/mol. The fraction of sp³-hybridized carbons (Fsp3) is 0.154. The van der Waals surface area contributed by atoms with Gasteiger partial charge in [0.05, 0.1) is 16.8 Å². The molecule has 4 nitrogen and oxygen atoms in total. The van der Waals surface area contributed by atoms with Crippen molar-refractivity contribution in [2.75, 3.05) is 5.32 Å². The molecule has 1 unspecified atom stereocenters. The Labute approximate surface area is 176 Å². The number of para-hydroxylation sites is 1. The highest BCUT2D eigenvalue weighted by molar-refractivity contribution is 6.09. The van der Waals surface area contributed by atoms with Crippen LogP contribution in [0.1, 0.15) is 40.1 Å². The number of anilines is 1. The summed E-state index contributed by atoms with van der Waals surface area (Å²) < 4.78 is 6.16. The van der Waals surface area contributed by atoms with Crippen LogP contribution in [0.2, 0.25) is 0 Å². The molecule has 1 amide bonds. The third-order valence-corrected chi connectivity index (χ3v) is 5.08. The maximum atomic E-state index is 13.1. The first-order valence-corrected chi connectivity index (χ1v) is 10.0. The molecule has 150 valence electrons. The van der Waals surface area contributed by atoms with Gasteiger partial charge in [0, 0.05) is 11.6 Å². The quantitative estimate of drug-likeness (QED) is 0.434. The molecule has 0 radical (unpaired) electrons. The zero-order valence-corrected chi connectivity index (χ0v) is 17.3. The second kappa shape index (κ2) is 8.37. The Bertz CT molecular complexity index is 1200. The smallest absolute Gasteiger partial charge is 0.259 e. The third kappa shape index (κ3) is 4.18. The summed E-state index contributed by atoms with van der Waals surface area (Å²) in [7, 11) is 0. The highest BCUT2D eigenvalue weighted by Gasteiger charge is 2.17. The first kappa shape index (κ1) is 19.6. The number of carbonyl (C=O) groups is 1. The zero-order chi connectivity index (χ0) is 21.1. The van der Waals surface area contributed by atoms with Gasteiger partial charge < -0.3 is 10.1 Å². The van der Waals surface area contributed by atoms with Crippen LogP contribution < -0.4 is 10.1 Å². The number of amides is 1. The average Bonchev–Trinajstić information content (AvgIpc) is 2.74. The number of nitrogens with one attached hydrogen (secondary N) is 1. The molecule has 0 aliphatic rings. The van der Waals surface area contributed by atoms with Crippen LogP contribution in [-0.2, 0) is 0 Å². The SMILES string of the molecule is Cc1ccc(C(C)Oc2ccccc2C(=O)Nc2cc(C)cc3cccnc23)cc1. The Morgan fingerprint density at radius 3 is 2.50 bits per heavy atom. The van der Waals surface area contributed by atoms with Gasteiger partial charge in [0.1, 0.15) is 11.9 Å². The first-order chi connectivity index (χ1) is 14.5. The number of hydrogen-bond donors (Lipinski definition) is 1. The van der Waals surface area contributed by atoms with E-state index in [1.165, 1.54) is 5.56 Å². The van der Waals surface area contributed by atoms with Crippen molar-refractivity contribution in [3.05, 3.63) is 101 Å². The third-order valence-electron chi connectivity index (χ3n) is 5.08. The minimum absolute atomic E-state index is 0.180. The maximum absolute atomic E-state index is 13.1. The van der Waals surface area contributed by atoms with E-state index < -0.39 is 0 Å². The molecule has 3 aromatic carbocycles. The lowest BCUT2D eigenvalue weighted by Gasteiger charge is -2.18. The number of pyridine rings is 1. The van der Waals surface area contributed by atoms with E-state index in [1.54, 1.807) is 12.3 Å². The fourth-order valence-corrected chi connectivity index (χ4v) is 3.48. The number of benzene rings is 3. The van der Waals surface area contributed by atoms with Crippen LogP contribution >= 0.6 is 0 Å². The second-order valence-corrected chi connectivity index (χ2v) is 7.51.